The third-order valence-electron chi connectivity index (χ3n) is 2.14. The summed E-state index contributed by atoms with van der Waals surface area (Å²) in [6, 6.07) is 7.74. The van der Waals surface area contributed by atoms with Gasteiger partial charge in [-0.15, -0.1) is 0 Å². The Labute approximate surface area is 89.6 Å². The highest BCUT2D eigenvalue weighted by Crippen LogP contribution is 2.27. The van der Waals surface area contributed by atoms with Gasteiger partial charge in [0.1, 0.15) is 11.4 Å². The number of hydrogen-bond donors (Lipinski definition) is 0. The molecule has 0 unspecified atom stereocenters. The van der Waals surface area contributed by atoms with E-state index < -0.39 is 0 Å². The molecule has 0 heterocycles. The molecule has 0 fully saturated rings. The van der Waals surface area contributed by atoms with Crippen LogP contribution in [-0.4, -0.2) is 12.8 Å². The zero-order chi connectivity index (χ0) is 10.5. The van der Waals surface area contributed by atoms with Crippen molar-refractivity contribution in [1.82, 2.24) is 0 Å². The molecule has 1 aromatic carbocycles. The van der Waals surface area contributed by atoms with Crippen molar-refractivity contribution < 1.29 is 4.74 Å². The van der Waals surface area contributed by atoms with Gasteiger partial charge in [0.15, 0.2) is 0 Å². The van der Waals surface area contributed by atoms with E-state index >= 15 is 0 Å². The summed E-state index contributed by atoms with van der Waals surface area (Å²) in [4.78, 5) is 4.51. The van der Waals surface area contributed by atoms with Crippen molar-refractivity contribution in [2.75, 3.05) is 7.11 Å². The Morgan fingerprint density at radius 2 is 2.20 bits per heavy atom. The van der Waals surface area contributed by atoms with Gasteiger partial charge in [-0.25, -0.2) is 4.99 Å². The summed E-state index contributed by atoms with van der Waals surface area (Å²) < 4.78 is 5.23. The van der Waals surface area contributed by atoms with Crippen LogP contribution in [0.25, 0.3) is 0 Å². The largest absolute Gasteiger partial charge is 0.494 e. The normalized spacial score (nSPS) is 17.0. The molecule has 1 aliphatic rings. The summed E-state index contributed by atoms with van der Waals surface area (Å²) in [5.74, 6) is 0.799. The molecule has 0 aliphatic heterocycles. The van der Waals surface area contributed by atoms with Crippen LogP contribution in [0, 0.1) is 6.08 Å². The fraction of sp³-hybridized carbons (Fsp3) is 0.154. The van der Waals surface area contributed by atoms with E-state index in [0.717, 1.165) is 23.6 Å². The zero-order valence-electron chi connectivity index (χ0n) is 8.60. The summed E-state index contributed by atoms with van der Waals surface area (Å²) in [6.07, 6.45) is 9.70. The molecule has 0 atom stereocenters. The third kappa shape index (κ3) is 2.34. The Morgan fingerprint density at radius 1 is 1.33 bits per heavy atom. The van der Waals surface area contributed by atoms with E-state index in [4.69, 9.17) is 4.74 Å². The van der Waals surface area contributed by atoms with Crippen LogP contribution in [-0.2, 0) is 0 Å². The second-order valence-corrected chi connectivity index (χ2v) is 3.19. The summed E-state index contributed by atoms with van der Waals surface area (Å²) >= 11 is 0. The lowest BCUT2D eigenvalue weighted by molar-refractivity contribution is 0.416. The average molecular weight is 198 g/mol. The second-order valence-electron chi connectivity index (χ2n) is 3.19. The highest BCUT2D eigenvalue weighted by molar-refractivity contribution is 5.98. The third-order valence-corrected chi connectivity index (χ3v) is 2.14. The van der Waals surface area contributed by atoms with Crippen molar-refractivity contribution >= 4 is 11.4 Å². The molecule has 2 rings (SSSR count). The number of rotatable bonds is 2. The molecule has 0 spiro atoms. The zero-order valence-corrected chi connectivity index (χ0v) is 8.60. The van der Waals surface area contributed by atoms with Crippen LogP contribution in [0.3, 0.4) is 0 Å². The molecule has 1 radical (unpaired) electrons. The molecule has 75 valence electrons. The molecule has 0 saturated heterocycles. The van der Waals surface area contributed by atoms with Gasteiger partial charge in [-0.05, 0) is 24.3 Å². The van der Waals surface area contributed by atoms with E-state index in [2.05, 4.69) is 11.1 Å². The fourth-order valence-corrected chi connectivity index (χ4v) is 1.41. The topological polar surface area (TPSA) is 21.6 Å². The lowest BCUT2D eigenvalue weighted by atomic mass is 10.1. The monoisotopic (exact) mass is 198 g/mol. The number of allylic oxidation sites excluding steroid dienone is 4. The van der Waals surface area contributed by atoms with Crippen molar-refractivity contribution in [2.24, 2.45) is 4.99 Å². The Hall–Kier alpha value is -1.83. The van der Waals surface area contributed by atoms with E-state index in [1.807, 2.05) is 42.5 Å². The number of aliphatic imine (C=N–C) groups is 1. The molecule has 0 saturated carbocycles. The van der Waals surface area contributed by atoms with Crippen molar-refractivity contribution in [3.8, 4) is 5.75 Å². The first-order chi connectivity index (χ1) is 7.40. The SMILES string of the molecule is COc1ccccc1N=C1C=[C]C=CC1. The Balaban J connectivity index is 2.30. The van der Waals surface area contributed by atoms with Gasteiger partial charge in [0.2, 0.25) is 0 Å². The first-order valence-electron chi connectivity index (χ1n) is 4.85. The molecule has 1 aromatic rings. The van der Waals surface area contributed by atoms with Crippen LogP contribution in [0.5, 0.6) is 5.75 Å². The number of para-hydroxylation sites is 2. The summed E-state index contributed by atoms with van der Waals surface area (Å²) in [7, 11) is 1.65. The van der Waals surface area contributed by atoms with Gasteiger partial charge in [0.25, 0.3) is 0 Å². The van der Waals surface area contributed by atoms with Crippen molar-refractivity contribution in [3.63, 3.8) is 0 Å². The molecule has 0 amide bonds. The molecule has 0 aromatic heterocycles. The first kappa shape index (κ1) is 9.71. The molecule has 0 bridgehead atoms. The summed E-state index contributed by atoms with van der Waals surface area (Å²) in [5.41, 5.74) is 1.87. The molecule has 15 heavy (non-hydrogen) atoms. The minimum atomic E-state index is 0.799. The molecule has 1 aliphatic carbocycles. The van der Waals surface area contributed by atoms with Crippen molar-refractivity contribution in [3.05, 3.63) is 48.6 Å². The molecular formula is C13H12NO. The van der Waals surface area contributed by atoms with Gasteiger partial charge in [0, 0.05) is 12.1 Å². The van der Waals surface area contributed by atoms with Crippen LogP contribution in [0.2, 0.25) is 0 Å². The van der Waals surface area contributed by atoms with E-state index in [0.29, 0.717) is 0 Å². The average Bonchev–Trinajstić information content (AvgIpc) is 2.31. The minimum Gasteiger partial charge on any atom is -0.494 e. The molecule has 2 heteroatoms. The number of nitrogens with zero attached hydrogens (tertiary/aromatic N) is 1. The van der Waals surface area contributed by atoms with E-state index in [1.54, 1.807) is 7.11 Å². The van der Waals surface area contributed by atoms with E-state index in [-0.39, 0.29) is 0 Å². The van der Waals surface area contributed by atoms with Gasteiger partial charge >= 0.3 is 0 Å². The standard InChI is InChI=1S/C13H12NO/c1-15-13-10-6-5-9-12(13)14-11-7-3-2-4-8-11/h2-3,5-6,8-10H,7H2,1H3. The van der Waals surface area contributed by atoms with Gasteiger partial charge < -0.3 is 4.74 Å². The maximum atomic E-state index is 5.23. The van der Waals surface area contributed by atoms with Crippen LogP contribution in [0.1, 0.15) is 6.42 Å². The lowest BCUT2D eigenvalue weighted by Gasteiger charge is -2.05. The van der Waals surface area contributed by atoms with Gasteiger partial charge in [-0.1, -0.05) is 24.3 Å². The Kier molecular flexibility index (Phi) is 2.98. The van der Waals surface area contributed by atoms with Crippen LogP contribution in [0.15, 0.2) is 47.5 Å². The maximum Gasteiger partial charge on any atom is 0.144 e. The quantitative estimate of drug-likeness (QED) is 0.715. The van der Waals surface area contributed by atoms with Crippen LogP contribution >= 0.6 is 0 Å². The number of methoxy groups -OCH3 is 1. The van der Waals surface area contributed by atoms with Crippen molar-refractivity contribution in [2.45, 2.75) is 6.42 Å². The molecule has 2 nitrogen and oxygen atoms in total. The highest BCUT2D eigenvalue weighted by atomic mass is 16.5. The fourth-order valence-electron chi connectivity index (χ4n) is 1.41. The predicted octanol–water partition coefficient (Wildman–Crippen LogP) is 3.09. The Bertz CT molecular complexity index is 430. The lowest BCUT2D eigenvalue weighted by Crippen LogP contribution is -1.94. The van der Waals surface area contributed by atoms with E-state index in [9.17, 15) is 0 Å². The smallest absolute Gasteiger partial charge is 0.144 e. The van der Waals surface area contributed by atoms with Gasteiger partial charge in [-0.2, -0.15) is 0 Å². The minimum absolute atomic E-state index is 0.799. The second kappa shape index (κ2) is 4.60. The number of hydrogen-bond acceptors (Lipinski definition) is 2. The molecular weight excluding hydrogens is 186 g/mol. The molecule has 0 N–H and O–H groups in total. The first-order valence-corrected chi connectivity index (χ1v) is 4.85. The summed E-state index contributed by atoms with van der Waals surface area (Å²) in [6.45, 7) is 0. The summed E-state index contributed by atoms with van der Waals surface area (Å²) in [5, 5.41) is 0. The van der Waals surface area contributed by atoms with Gasteiger partial charge in [-0.3, -0.25) is 0 Å². The van der Waals surface area contributed by atoms with Crippen molar-refractivity contribution in [1.29, 1.82) is 0 Å². The maximum absolute atomic E-state index is 5.23. The van der Waals surface area contributed by atoms with E-state index in [1.165, 1.54) is 0 Å². The van der Waals surface area contributed by atoms with Gasteiger partial charge in [0.05, 0.1) is 7.11 Å². The van der Waals surface area contributed by atoms with Crippen LogP contribution < -0.4 is 4.74 Å². The Morgan fingerprint density at radius 3 is 2.93 bits per heavy atom. The number of benzene rings is 1. The highest BCUT2D eigenvalue weighted by Gasteiger charge is 2.01. The van der Waals surface area contributed by atoms with Crippen LogP contribution in [0.4, 0.5) is 5.69 Å². The predicted molar refractivity (Wildman–Crippen MR) is 61.7 cm³/mol. The number of ether oxygens (including phenoxy) is 1.